The minimum Gasteiger partial charge on any atom is -0.394 e. The molecule has 1 aliphatic heterocycles. The molecular weight excluding hydrogens is 463 g/mol. The van der Waals surface area contributed by atoms with Crippen LogP contribution in [0.15, 0.2) is 12.4 Å². The molecule has 1 aromatic heterocycles. The van der Waals surface area contributed by atoms with E-state index >= 15 is 0 Å². The Kier molecular flexibility index (Phi) is 14.0. The molecule has 1 fully saturated rings. The van der Waals surface area contributed by atoms with Crippen molar-refractivity contribution in [1.82, 2.24) is 20.2 Å². The Labute approximate surface area is 204 Å². The van der Waals surface area contributed by atoms with Gasteiger partial charge in [-0.2, -0.15) is 0 Å². The number of piperazine rings is 1. The molecule has 0 atom stereocenters. The van der Waals surface area contributed by atoms with Crippen LogP contribution in [0.25, 0.3) is 0 Å². The third kappa shape index (κ3) is 11.2. The van der Waals surface area contributed by atoms with Crippen LogP contribution in [-0.4, -0.2) is 84.3 Å². The molecule has 1 aliphatic rings. The smallest absolute Gasteiger partial charge is 0.225 e. The van der Waals surface area contributed by atoms with E-state index < -0.39 is 0 Å². The predicted molar refractivity (Wildman–Crippen MR) is 111 cm³/mol. The van der Waals surface area contributed by atoms with Crippen LogP contribution in [0.5, 0.6) is 0 Å². The maximum atomic E-state index is 11.3. The number of nitrogens with zero attached hydrogens (tertiary/aromatic N) is 4. The first-order valence-corrected chi connectivity index (χ1v) is 9.76. The van der Waals surface area contributed by atoms with Crippen molar-refractivity contribution < 1.29 is 52.1 Å². The molecule has 10 heteroatoms. The number of aryl methyl sites for hydroxylation is 1. The molecule has 0 unspecified atom stereocenters. The Morgan fingerprint density at radius 2 is 1.73 bits per heavy atom. The third-order valence-corrected chi connectivity index (χ3v) is 4.13. The Hall–Kier alpha value is -1.29. The number of amides is 2. The van der Waals surface area contributed by atoms with Gasteiger partial charge in [0.25, 0.3) is 0 Å². The Bertz CT molecular complexity index is 629. The molecule has 0 aliphatic carbocycles. The number of hydrogen-bond acceptors (Lipinski definition) is 7. The molecule has 1 aromatic rings. The fourth-order valence-corrected chi connectivity index (χ4v) is 2.37. The van der Waals surface area contributed by atoms with Crippen molar-refractivity contribution in [2.24, 2.45) is 5.41 Å². The monoisotopic (exact) mass is 497 g/mol. The summed E-state index contributed by atoms with van der Waals surface area (Å²) in [7, 11) is 0. The number of hydrogen-bond donors (Lipinski definition) is 2. The van der Waals surface area contributed by atoms with Crippen LogP contribution in [-0.2, 0) is 47.0 Å². The second-order valence-electron chi connectivity index (χ2n) is 7.77. The van der Waals surface area contributed by atoms with Gasteiger partial charge in [0.2, 0.25) is 11.9 Å². The fraction of sp³-hybridized carbons (Fsp3) is 0.650. The number of carbonyl (C=O) groups excluding carboxylic acids is 2. The average Bonchev–Trinajstić information content (AvgIpc) is 2.68. The van der Waals surface area contributed by atoms with Crippen LogP contribution in [0.2, 0.25) is 0 Å². The summed E-state index contributed by atoms with van der Waals surface area (Å²) in [4.78, 5) is 34.7. The van der Waals surface area contributed by atoms with Gasteiger partial charge in [0.15, 0.2) is 0 Å². The average molecular weight is 497 g/mol. The summed E-state index contributed by atoms with van der Waals surface area (Å²) in [6, 6.07) is 0. The summed E-state index contributed by atoms with van der Waals surface area (Å²) in [5.74, 6) is 0.645. The Morgan fingerprint density at radius 3 is 2.20 bits per heavy atom. The number of ether oxygens (including phenoxy) is 1. The minimum atomic E-state index is -0.350. The van der Waals surface area contributed by atoms with Gasteiger partial charge < -0.3 is 36.7 Å². The van der Waals surface area contributed by atoms with E-state index in [2.05, 4.69) is 27.1 Å². The van der Waals surface area contributed by atoms with E-state index in [0.29, 0.717) is 32.8 Å². The number of aliphatic hydroxyl groups excluding tert-OH is 1. The van der Waals surface area contributed by atoms with Crippen molar-refractivity contribution in [1.29, 1.82) is 0 Å². The van der Waals surface area contributed by atoms with E-state index in [1.165, 1.54) is 0 Å². The number of carbonyl (C=O) groups is 2. The van der Waals surface area contributed by atoms with Gasteiger partial charge in [-0.15, -0.1) is 0 Å². The van der Waals surface area contributed by atoms with Crippen molar-refractivity contribution >= 4 is 17.8 Å². The van der Waals surface area contributed by atoms with Crippen LogP contribution in [0.4, 0.5) is 5.95 Å². The van der Waals surface area contributed by atoms with Crippen LogP contribution in [0.1, 0.15) is 26.3 Å². The summed E-state index contributed by atoms with van der Waals surface area (Å²) in [5, 5.41) is 11.1. The van der Waals surface area contributed by atoms with Crippen molar-refractivity contribution in [3.8, 4) is 0 Å². The zero-order valence-electron chi connectivity index (χ0n) is 18.6. The van der Waals surface area contributed by atoms with Crippen molar-refractivity contribution in [2.45, 2.75) is 27.7 Å². The number of aliphatic hydroxyl groups is 1. The SMILES string of the molecule is CC(C)(C)C(=O)NCCOCCO.[CH2-]C(=O)N1CCN(c2ncc(C)cn2)CC1.[Y]. The van der Waals surface area contributed by atoms with Crippen molar-refractivity contribution in [3.05, 3.63) is 24.9 Å². The molecule has 0 saturated carbocycles. The van der Waals surface area contributed by atoms with Crippen molar-refractivity contribution in [3.63, 3.8) is 0 Å². The first kappa shape index (κ1) is 28.7. The summed E-state index contributed by atoms with van der Waals surface area (Å²) >= 11 is 0. The molecule has 2 heterocycles. The van der Waals surface area contributed by atoms with Gasteiger partial charge in [-0.3, -0.25) is 4.79 Å². The first-order valence-electron chi connectivity index (χ1n) is 9.76. The summed E-state index contributed by atoms with van der Waals surface area (Å²) in [5.41, 5.74) is 0.701. The van der Waals surface area contributed by atoms with Gasteiger partial charge in [0, 0.05) is 83.2 Å². The fourth-order valence-electron chi connectivity index (χ4n) is 2.37. The topological polar surface area (TPSA) is 108 Å². The molecule has 0 spiro atoms. The van der Waals surface area contributed by atoms with Crippen LogP contribution in [0.3, 0.4) is 0 Å². The molecule has 9 nitrogen and oxygen atoms in total. The normalized spacial score (nSPS) is 13.6. The van der Waals surface area contributed by atoms with E-state index in [9.17, 15) is 9.59 Å². The molecule has 2 N–H and O–H groups in total. The number of nitrogens with one attached hydrogen (secondary N) is 1. The predicted octanol–water partition coefficient (Wildman–Crippen LogP) is 0.423. The van der Waals surface area contributed by atoms with E-state index in [0.717, 1.165) is 24.6 Å². The largest absolute Gasteiger partial charge is 0.394 e. The van der Waals surface area contributed by atoms with Gasteiger partial charge in [-0.05, 0) is 12.5 Å². The summed E-state index contributed by atoms with van der Waals surface area (Å²) in [6.45, 7) is 15.2. The molecular formula is C20H34N5O4Y-. The van der Waals surface area contributed by atoms with Gasteiger partial charge in [-0.25, -0.2) is 9.97 Å². The zero-order chi connectivity index (χ0) is 21.9. The molecule has 167 valence electrons. The standard InChI is InChI=1S/C11H15N4O.C9H19NO3.Y/c1-9-7-12-11(13-8-9)15-5-3-14(4-6-15)10(2)16;1-9(2,3)8(12)10-4-6-13-7-5-11;/h7-8H,2-6H2,1H3;11H,4-7H2,1-3H3,(H,10,12);/q-1;;. The number of aromatic nitrogens is 2. The number of anilines is 1. The second-order valence-corrected chi connectivity index (χ2v) is 7.77. The number of rotatable bonds is 6. The molecule has 2 amide bonds. The summed E-state index contributed by atoms with van der Waals surface area (Å²) < 4.78 is 4.98. The summed E-state index contributed by atoms with van der Waals surface area (Å²) in [6.07, 6.45) is 3.61. The van der Waals surface area contributed by atoms with Gasteiger partial charge in [-0.1, -0.05) is 20.8 Å². The van der Waals surface area contributed by atoms with E-state index in [-0.39, 0.29) is 56.5 Å². The van der Waals surface area contributed by atoms with Gasteiger partial charge in [0.05, 0.1) is 25.7 Å². The van der Waals surface area contributed by atoms with Crippen LogP contribution < -0.4 is 10.2 Å². The molecule has 1 saturated heterocycles. The molecule has 30 heavy (non-hydrogen) atoms. The molecule has 1 radical (unpaired) electrons. The quantitative estimate of drug-likeness (QED) is 0.434. The zero-order valence-corrected chi connectivity index (χ0v) is 21.4. The minimum absolute atomic E-state index is 0. The van der Waals surface area contributed by atoms with E-state index in [1.807, 2.05) is 27.7 Å². The van der Waals surface area contributed by atoms with Gasteiger partial charge in [0.1, 0.15) is 0 Å². The molecule has 0 aromatic carbocycles. The first-order chi connectivity index (χ1) is 13.6. The van der Waals surface area contributed by atoms with Crippen LogP contribution >= 0.6 is 0 Å². The Balaban J connectivity index is 0.000000557. The second kappa shape index (κ2) is 14.7. The van der Waals surface area contributed by atoms with Crippen molar-refractivity contribution in [2.75, 3.05) is 57.4 Å². The third-order valence-electron chi connectivity index (χ3n) is 4.13. The van der Waals surface area contributed by atoms with Gasteiger partial charge >= 0.3 is 0 Å². The van der Waals surface area contributed by atoms with E-state index in [4.69, 9.17) is 9.84 Å². The molecule has 2 rings (SSSR count). The van der Waals surface area contributed by atoms with E-state index in [1.54, 1.807) is 17.3 Å². The molecule has 0 bridgehead atoms. The Morgan fingerprint density at radius 1 is 1.17 bits per heavy atom. The maximum Gasteiger partial charge on any atom is 0.225 e. The maximum absolute atomic E-state index is 11.3. The van der Waals surface area contributed by atoms with Crippen LogP contribution in [0, 0.1) is 19.3 Å².